The highest BCUT2D eigenvalue weighted by Crippen LogP contribution is 2.42. The summed E-state index contributed by atoms with van der Waals surface area (Å²) in [5.41, 5.74) is -0.400. The van der Waals surface area contributed by atoms with Gasteiger partial charge in [0, 0.05) is 16.5 Å². The summed E-state index contributed by atoms with van der Waals surface area (Å²) >= 11 is 7.40. The number of ether oxygens (including phenoxy) is 2. The number of hydrogen-bond acceptors (Lipinski definition) is 6. The van der Waals surface area contributed by atoms with Gasteiger partial charge in [-0.15, -0.1) is 26.6 Å². The molecule has 28 heavy (non-hydrogen) atoms. The molecule has 0 fully saturated rings. The lowest BCUT2D eigenvalue weighted by molar-refractivity contribution is -0.136. The fourth-order valence-electron chi connectivity index (χ4n) is 3.08. The van der Waals surface area contributed by atoms with Crippen LogP contribution in [0.15, 0.2) is 24.3 Å². The van der Waals surface area contributed by atoms with Crippen LogP contribution in [-0.2, 0) is 6.18 Å². The molecule has 0 unspecified atom stereocenters. The van der Waals surface area contributed by atoms with Crippen LogP contribution in [0.25, 0.3) is 26.4 Å². The second-order valence-electron chi connectivity index (χ2n) is 6.08. The number of benzene rings is 1. The predicted molar refractivity (Wildman–Crippen MR) is 97.2 cm³/mol. The zero-order valence-corrected chi connectivity index (χ0v) is 15.5. The Kier molecular flexibility index (Phi) is 3.88. The van der Waals surface area contributed by atoms with Gasteiger partial charge in [0.1, 0.15) is 0 Å². The number of fused-ring (bicyclic) bond motifs is 4. The van der Waals surface area contributed by atoms with E-state index < -0.39 is 11.7 Å². The molecule has 144 valence electrons. The predicted octanol–water partition coefficient (Wildman–Crippen LogP) is 4.84. The Morgan fingerprint density at radius 1 is 1.11 bits per heavy atom. The molecule has 0 saturated heterocycles. The van der Waals surface area contributed by atoms with Gasteiger partial charge < -0.3 is 9.47 Å². The topological polar surface area (TPSA) is 61.5 Å². The third-order valence-corrected chi connectivity index (χ3v) is 5.64. The molecule has 4 aromatic rings. The Bertz CT molecular complexity index is 1220. The van der Waals surface area contributed by atoms with Gasteiger partial charge in [0.05, 0.1) is 23.7 Å². The van der Waals surface area contributed by atoms with Crippen LogP contribution in [0, 0.1) is 0 Å². The van der Waals surface area contributed by atoms with Crippen molar-refractivity contribution in [2.75, 3.05) is 13.2 Å². The standard InChI is InChI=1S/C17H10ClF3N4O2S/c18-14-12-13(27-6-2-5-26-12)16-23-22-15(25(16)24-14)11-7-8-9(17(19,20)21)3-1-4-10(8)28-11/h1,3-4,7H,2,5-6H2. The van der Waals surface area contributed by atoms with Crippen LogP contribution in [0.4, 0.5) is 13.2 Å². The number of halogens is 4. The molecular weight excluding hydrogens is 417 g/mol. The third kappa shape index (κ3) is 2.67. The zero-order valence-electron chi connectivity index (χ0n) is 14.0. The molecule has 11 heteroatoms. The van der Waals surface area contributed by atoms with Crippen LogP contribution in [-0.4, -0.2) is 33.0 Å². The van der Waals surface area contributed by atoms with Crippen LogP contribution in [0.1, 0.15) is 12.0 Å². The van der Waals surface area contributed by atoms with Crippen molar-refractivity contribution < 1.29 is 22.6 Å². The van der Waals surface area contributed by atoms with E-state index in [0.29, 0.717) is 46.4 Å². The molecule has 4 heterocycles. The highest BCUT2D eigenvalue weighted by molar-refractivity contribution is 7.22. The molecular formula is C17H10ClF3N4O2S. The molecule has 0 bridgehead atoms. The van der Waals surface area contributed by atoms with Gasteiger partial charge in [-0.3, -0.25) is 0 Å². The molecule has 0 radical (unpaired) electrons. The summed E-state index contributed by atoms with van der Waals surface area (Å²) in [5.74, 6) is 0.900. The smallest absolute Gasteiger partial charge is 0.417 e. The van der Waals surface area contributed by atoms with Gasteiger partial charge in [-0.2, -0.15) is 17.7 Å². The molecule has 0 N–H and O–H groups in total. The van der Waals surface area contributed by atoms with Crippen molar-refractivity contribution in [3.05, 3.63) is 35.0 Å². The fraction of sp³-hybridized carbons (Fsp3) is 0.235. The highest BCUT2D eigenvalue weighted by Gasteiger charge is 2.33. The number of alkyl halides is 3. The molecule has 1 aromatic carbocycles. The molecule has 5 rings (SSSR count). The minimum Gasteiger partial charge on any atom is -0.487 e. The van der Waals surface area contributed by atoms with Crippen molar-refractivity contribution in [1.29, 1.82) is 0 Å². The Morgan fingerprint density at radius 2 is 1.89 bits per heavy atom. The number of rotatable bonds is 1. The first kappa shape index (κ1) is 17.5. The Labute approximate surface area is 164 Å². The van der Waals surface area contributed by atoms with E-state index in [-0.39, 0.29) is 16.4 Å². The van der Waals surface area contributed by atoms with E-state index in [2.05, 4.69) is 15.3 Å². The maximum Gasteiger partial charge on any atom is 0.417 e. The highest BCUT2D eigenvalue weighted by atomic mass is 35.5. The minimum absolute atomic E-state index is 0.0718. The first-order valence-corrected chi connectivity index (χ1v) is 9.43. The van der Waals surface area contributed by atoms with E-state index in [4.69, 9.17) is 21.1 Å². The molecule has 0 saturated carbocycles. The van der Waals surface area contributed by atoms with Gasteiger partial charge in [-0.1, -0.05) is 17.7 Å². The van der Waals surface area contributed by atoms with Crippen LogP contribution in [0.3, 0.4) is 0 Å². The molecule has 6 nitrogen and oxygen atoms in total. The summed E-state index contributed by atoms with van der Waals surface area (Å²) in [4.78, 5) is 0.484. The molecule has 3 aromatic heterocycles. The number of aromatic nitrogens is 4. The first-order chi connectivity index (χ1) is 13.4. The summed E-state index contributed by atoms with van der Waals surface area (Å²) in [6.45, 7) is 0.852. The first-order valence-electron chi connectivity index (χ1n) is 8.24. The lowest BCUT2D eigenvalue weighted by Gasteiger charge is -2.09. The van der Waals surface area contributed by atoms with Crippen molar-refractivity contribution in [2.45, 2.75) is 12.6 Å². The van der Waals surface area contributed by atoms with Crippen LogP contribution in [0.5, 0.6) is 11.5 Å². The Hall–Kier alpha value is -2.59. The van der Waals surface area contributed by atoms with Crippen LogP contribution >= 0.6 is 22.9 Å². The van der Waals surface area contributed by atoms with Crippen molar-refractivity contribution in [3.63, 3.8) is 0 Å². The number of nitrogens with zero attached hydrogens (tertiary/aromatic N) is 4. The molecule has 1 aliphatic rings. The summed E-state index contributed by atoms with van der Waals surface area (Å²) in [6.07, 6.45) is -3.77. The van der Waals surface area contributed by atoms with Crippen molar-refractivity contribution in [3.8, 4) is 22.2 Å². The molecule has 0 atom stereocenters. The van der Waals surface area contributed by atoms with Gasteiger partial charge in [0.2, 0.25) is 17.1 Å². The van der Waals surface area contributed by atoms with Gasteiger partial charge in [0.25, 0.3) is 0 Å². The average molecular weight is 427 g/mol. The monoisotopic (exact) mass is 426 g/mol. The van der Waals surface area contributed by atoms with Crippen molar-refractivity contribution in [2.24, 2.45) is 0 Å². The van der Waals surface area contributed by atoms with Gasteiger partial charge >= 0.3 is 6.18 Å². The van der Waals surface area contributed by atoms with E-state index in [1.54, 1.807) is 6.07 Å². The fourth-order valence-corrected chi connectivity index (χ4v) is 4.35. The molecule has 1 aliphatic heterocycles. The van der Waals surface area contributed by atoms with Gasteiger partial charge in [-0.05, 0) is 18.2 Å². The zero-order chi connectivity index (χ0) is 19.5. The second-order valence-corrected chi connectivity index (χ2v) is 7.53. The number of hydrogen-bond donors (Lipinski definition) is 0. The Balaban J connectivity index is 1.72. The molecule has 0 amide bonds. The molecule has 0 aliphatic carbocycles. The van der Waals surface area contributed by atoms with Crippen LogP contribution in [0.2, 0.25) is 5.15 Å². The van der Waals surface area contributed by atoms with Gasteiger partial charge in [-0.25, -0.2) is 0 Å². The normalized spacial score (nSPS) is 14.6. The largest absolute Gasteiger partial charge is 0.487 e. The maximum atomic E-state index is 13.3. The summed E-state index contributed by atoms with van der Waals surface area (Å²) in [5, 5.41) is 12.6. The number of thiophene rings is 1. The van der Waals surface area contributed by atoms with Crippen molar-refractivity contribution in [1.82, 2.24) is 19.8 Å². The van der Waals surface area contributed by atoms with E-state index in [9.17, 15) is 13.2 Å². The minimum atomic E-state index is -4.45. The molecule has 0 spiro atoms. The second kappa shape index (κ2) is 6.21. The van der Waals surface area contributed by atoms with Crippen LogP contribution < -0.4 is 9.47 Å². The average Bonchev–Trinajstić information content (AvgIpc) is 3.16. The van der Waals surface area contributed by atoms with E-state index >= 15 is 0 Å². The SMILES string of the molecule is FC(F)(F)c1cccc2sc(-c3nnc4c5c(c(Cl)nn34)OCCCO5)cc12. The maximum absolute atomic E-state index is 13.3. The quantitative estimate of drug-likeness (QED) is 0.436. The third-order valence-electron chi connectivity index (χ3n) is 4.29. The van der Waals surface area contributed by atoms with E-state index in [1.807, 2.05) is 0 Å². The van der Waals surface area contributed by atoms with E-state index in [1.165, 1.54) is 28.0 Å². The van der Waals surface area contributed by atoms with Crippen molar-refractivity contribution >= 4 is 38.7 Å². The van der Waals surface area contributed by atoms with Gasteiger partial charge in [0.15, 0.2) is 11.0 Å². The lowest BCUT2D eigenvalue weighted by Crippen LogP contribution is -2.04. The summed E-state index contributed by atoms with van der Waals surface area (Å²) < 4.78 is 53.1. The lowest BCUT2D eigenvalue weighted by atomic mass is 10.1. The van der Waals surface area contributed by atoms with E-state index in [0.717, 1.165) is 6.07 Å². The Morgan fingerprint density at radius 3 is 2.68 bits per heavy atom. The summed E-state index contributed by atoms with van der Waals surface area (Å²) in [7, 11) is 0. The summed E-state index contributed by atoms with van der Waals surface area (Å²) in [6, 6.07) is 5.51.